The fourth-order valence-electron chi connectivity index (χ4n) is 3.14. The van der Waals surface area contributed by atoms with Crippen molar-refractivity contribution in [3.05, 3.63) is 78.2 Å². The summed E-state index contributed by atoms with van der Waals surface area (Å²) in [5.74, 6) is 0.576. The van der Waals surface area contributed by atoms with Gasteiger partial charge in [0.15, 0.2) is 0 Å². The standard InChI is InChI=1S/C19H22N/c1-16-19(18-10-6-3-7-11-18)13-15-20(16)14-12-17-8-4-2-5-9-17/h2-11,13,16,19H,12,14-15H2,1H3. The SMILES string of the molecule is CC1C(c2ccccc2)[CH]CN1CCc1ccccc1. The van der Waals surface area contributed by atoms with Gasteiger partial charge >= 0.3 is 0 Å². The third-order valence-corrected chi connectivity index (χ3v) is 4.40. The van der Waals surface area contributed by atoms with E-state index in [0.29, 0.717) is 12.0 Å². The van der Waals surface area contributed by atoms with Crippen LogP contribution in [0.1, 0.15) is 24.0 Å². The van der Waals surface area contributed by atoms with Gasteiger partial charge in [0.25, 0.3) is 0 Å². The summed E-state index contributed by atoms with van der Waals surface area (Å²) in [4.78, 5) is 2.59. The summed E-state index contributed by atoms with van der Waals surface area (Å²) in [6.45, 7) is 4.60. The van der Waals surface area contributed by atoms with Gasteiger partial charge in [-0.25, -0.2) is 0 Å². The summed E-state index contributed by atoms with van der Waals surface area (Å²) in [5, 5.41) is 0. The van der Waals surface area contributed by atoms with E-state index in [-0.39, 0.29) is 0 Å². The van der Waals surface area contributed by atoms with Crippen LogP contribution in [0, 0.1) is 6.42 Å². The van der Waals surface area contributed by atoms with Crippen LogP contribution < -0.4 is 0 Å². The van der Waals surface area contributed by atoms with Gasteiger partial charge in [0.2, 0.25) is 0 Å². The molecular formula is C19H22N. The minimum Gasteiger partial charge on any atom is -0.299 e. The van der Waals surface area contributed by atoms with Crippen molar-refractivity contribution in [3.63, 3.8) is 0 Å². The largest absolute Gasteiger partial charge is 0.299 e. The molecule has 1 nitrogen and oxygen atoms in total. The van der Waals surface area contributed by atoms with Crippen LogP contribution in [0.5, 0.6) is 0 Å². The molecule has 0 aromatic heterocycles. The van der Waals surface area contributed by atoms with Crippen LogP contribution in [0.4, 0.5) is 0 Å². The fourth-order valence-corrected chi connectivity index (χ4v) is 3.14. The lowest BCUT2D eigenvalue weighted by atomic mass is 9.93. The molecule has 2 aromatic carbocycles. The van der Waals surface area contributed by atoms with Crippen LogP contribution in [0.3, 0.4) is 0 Å². The summed E-state index contributed by atoms with van der Waals surface area (Å²) < 4.78 is 0. The zero-order valence-electron chi connectivity index (χ0n) is 12.1. The fraction of sp³-hybridized carbons (Fsp3) is 0.316. The summed E-state index contributed by atoms with van der Waals surface area (Å²) in [6.07, 6.45) is 3.60. The van der Waals surface area contributed by atoms with Crippen LogP contribution in [-0.2, 0) is 6.42 Å². The highest BCUT2D eigenvalue weighted by Gasteiger charge is 2.31. The molecular weight excluding hydrogens is 242 g/mol. The van der Waals surface area contributed by atoms with Gasteiger partial charge in [-0.3, -0.25) is 4.90 Å². The van der Waals surface area contributed by atoms with Gasteiger partial charge in [-0.1, -0.05) is 60.7 Å². The summed E-state index contributed by atoms with van der Waals surface area (Å²) in [6, 6.07) is 22.3. The van der Waals surface area contributed by atoms with Gasteiger partial charge in [-0.2, -0.15) is 0 Å². The lowest BCUT2D eigenvalue weighted by Crippen LogP contribution is -2.31. The first-order valence-electron chi connectivity index (χ1n) is 7.51. The highest BCUT2D eigenvalue weighted by molar-refractivity contribution is 5.26. The van der Waals surface area contributed by atoms with Gasteiger partial charge in [0.05, 0.1) is 0 Å². The Morgan fingerprint density at radius 3 is 2.30 bits per heavy atom. The summed E-state index contributed by atoms with van der Waals surface area (Å²) in [5.41, 5.74) is 2.88. The van der Waals surface area contributed by atoms with Crippen molar-refractivity contribution in [3.8, 4) is 0 Å². The van der Waals surface area contributed by atoms with E-state index in [1.165, 1.54) is 11.1 Å². The van der Waals surface area contributed by atoms with Gasteiger partial charge in [0.1, 0.15) is 0 Å². The number of nitrogens with zero attached hydrogens (tertiary/aromatic N) is 1. The Hall–Kier alpha value is -1.60. The Morgan fingerprint density at radius 2 is 1.60 bits per heavy atom. The number of hydrogen-bond donors (Lipinski definition) is 0. The van der Waals surface area contributed by atoms with Gasteiger partial charge < -0.3 is 0 Å². The second-order valence-electron chi connectivity index (χ2n) is 5.64. The maximum atomic E-state index is 2.59. The predicted octanol–water partition coefficient (Wildman–Crippen LogP) is 3.92. The number of benzene rings is 2. The van der Waals surface area contributed by atoms with E-state index in [1.807, 2.05) is 0 Å². The van der Waals surface area contributed by atoms with Crippen LogP contribution in [-0.4, -0.2) is 24.0 Å². The third-order valence-electron chi connectivity index (χ3n) is 4.40. The first-order chi connectivity index (χ1) is 9.84. The van der Waals surface area contributed by atoms with Gasteiger partial charge in [-0.15, -0.1) is 0 Å². The second-order valence-corrected chi connectivity index (χ2v) is 5.64. The normalized spacial score (nSPS) is 23.1. The molecule has 1 aliphatic rings. The Kier molecular flexibility index (Phi) is 4.17. The van der Waals surface area contributed by atoms with Crippen LogP contribution in [0.25, 0.3) is 0 Å². The van der Waals surface area contributed by atoms with Crippen molar-refractivity contribution >= 4 is 0 Å². The highest BCUT2D eigenvalue weighted by atomic mass is 15.2. The molecule has 2 aromatic rings. The predicted molar refractivity (Wildman–Crippen MR) is 84.7 cm³/mol. The molecule has 0 bridgehead atoms. The first kappa shape index (κ1) is 13.4. The molecule has 0 N–H and O–H groups in total. The van der Waals surface area contributed by atoms with E-state index < -0.39 is 0 Å². The van der Waals surface area contributed by atoms with Gasteiger partial charge in [0, 0.05) is 25.0 Å². The van der Waals surface area contributed by atoms with E-state index in [4.69, 9.17) is 0 Å². The molecule has 1 saturated heterocycles. The molecule has 1 aliphatic heterocycles. The first-order valence-corrected chi connectivity index (χ1v) is 7.51. The Bertz CT molecular complexity index is 520. The maximum Gasteiger partial charge on any atom is 0.0139 e. The zero-order valence-corrected chi connectivity index (χ0v) is 12.1. The summed E-state index contributed by atoms with van der Waals surface area (Å²) in [7, 11) is 0. The molecule has 1 fully saturated rings. The Balaban J connectivity index is 1.60. The molecule has 1 radical (unpaired) electrons. The quantitative estimate of drug-likeness (QED) is 0.809. The maximum absolute atomic E-state index is 2.59. The number of hydrogen-bond acceptors (Lipinski definition) is 1. The molecule has 0 amide bonds. The van der Waals surface area contributed by atoms with E-state index in [0.717, 1.165) is 19.5 Å². The Morgan fingerprint density at radius 1 is 0.950 bits per heavy atom. The molecule has 20 heavy (non-hydrogen) atoms. The monoisotopic (exact) mass is 264 g/mol. The topological polar surface area (TPSA) is 3.24 Å². The van der Waals surface area contributed by atoms with Crippen molar-refractivity contribution in [2.75, 3.05) is 13.1 Å². The number of rotatable bonds is 4. The van der Waals surface area contributed by atoms with Crippen molar-refractivity contribution in [1.29, 1.82) is 0 Å². The van der Waals surface area contributed by atoms with Crippen molar-refractivity contribution in [2.45, 2.75) is 25.3 Å². The molecule has 2 unspecified atom stereocenters. The van der Waals surface area contributed by atoms with E-state index in [9.17, 15) is 0 Å². The zero-order chi connectivity index (χ0) is 13.8. The summed E-state index contributed by atoms with van der Waals surface area (Å²) >= 11 is 0. The molecule has 2 atom stereocenters. The minimum atomic E-state index is 0.576. The molecule has 1 heterocycles. The van der Waals surface area contributed by atoms with Gasteiger partial charge in [-0.05, 0) is 30.9 Å². The molecule has 0 aliphatic carbocycles. The Labute approximate surface area is 122 Å². The molecule has 0 saturated carbocycles. The minimum absolute atomic E-state index is 0.576. The van der Waals surface area contributed by atoms with Crippen molar-refractivity contribution < 1.29 is 0 Å². The molecule has 103 valence electrons. The van der Waals surface area contributed by atoms with Crippen molar-refractivity contribution in [2.24, 2.45) is 0 Å². The molecule has 0 spiro atoms. The average Bonchev–Trinajstić information content (AvgIpc) is 2.88. The van der Waals surface area contributed by atoms with Crippen LogP contribution in [0.2, 0.25) is 0 Å². The molecule has 1 heteroatoms. The highest BCUT2D eigenvalue weighted by Crippen LogP contribution is 2.32. The number of likely N-dealkylation sites (tertiary alicyclic amines) is 1. The third kappa shape index (κ3) is 2.94. The lowest BCUT2D eigenvalue weighted by Gasteiger charge is -2.24. The second kappa shape index (κ2) is 6.23. The average molecular weight is 264 g/mol. The van der Waals surface area contributed by atoms with Crippen molar-refractivity contribution in [1.82, 2.24) is 4.90 Å². The lowest BCUT2D eigenvalue weighted by molar-refractivity contribution is 0.263. The van der Waals surface area contributed by atoms with E-state index >= 15 is 0 Å². The van der Waals surface area contributed by atoms with Crippen LogP contribution in [0.15, 0.2) is 60.7 Å². The smallest absolute Gasteiger partial charge is 0.0139 e. The van der Waals surface area contributed by atoms with E-state index in [1.54, 1.807) is 0 Å². The van der Waals surface area contributed by atoms with Crippen LogP contribution >= 0.6 is 0 Å². The molecule has 3 rings (SSSR count). The van der Waals surface area contributed by atoms with E-state index in [2.05, 4.69) is 78.9 Å².